The number of benzene rings is 1. The van der Waals surface area contributed by atoms with E-state index < -0.39 is 0 Å². The van der Waals surface area contributed by atoms with Crippen LogP contribution in [-0.2, 0) is 11.3 Å². The number of unbranched alkanes of at least 4 members (excludes halogenated alkanes) is 13. The number of hydrogen-bond acceptors (Lipinski definition) is 3. The molecule has 4 nitrogen and oxygen atoms in total. The lowest BCUT2D eigenvalue weighted by atomic mass is 10.0. The van der Waals surface area contributed by atoms with E-state index in [0.29, 0.717) is 11.3 Å². The first-order valence-electron chi connectivity index (χ1n) is 13.8. The molecule has 1 aliphatic heterocycles. The van der Waals surface area contributed by atoms with Crippen molar-refractivity contribution in [2.45, 2.75) is 103 Å². The zero-order chi connectivity index (χ0) is 23.6. The lowest BCUT2D eigenvalue weighted by Crippen LogP contribution is -2.54. The largest absolute Gasteiger partial charge is 0.496 e. The number of hydrogen-bond donors (Lipinski definition) is 0. The Morgan fingerprint density at radius 1 is 0.848 bits per heavy atom. The van der Waals surface area contributed by atoms with Crippen molar-refractivity contribution in [1.29, 1.82) is 0 Å². The van der Waals surface area contributed by atoms with Gasteiger partial charge in [0.1, 0.15) is 25.4 Å². The van der Waals surface area contributed by atoms with Crippen molar-refractivity contribution in [3.05, 3.63) is 29.3 Å². The highest BCUT2D eigenvalue weighted by molar-refractivity contribution is 5.79. The van der Waals surface area contributed by atoms with Crippen LogP contribution >= 0.6 is 0 Å². The Hall–Kier alpha value is -1.39. The highest BCUT2D eigenvalue weighted by Crippen LogP contribution is 2.24. The summed E-state index contributed by atoms with van der Waals surface area (Å²) >= 11 is 0. The van der Waals surface area contributed by atoms with Gasteiger partial charge in [0.15, 0.2) is 6.29 Å². The zero-order valence-electron chi connectivity index (χ0n) is 21.6. The molecule has 0 amide bonds. The zero-order valence-corrected chi connectivity index (χ0v) is 21.6. The molecule has 0 unspecified atom stereocenters. The number of nitrogens with zero attached hydrogens (tertiary/aromatic N) is 1. The molecule has 2 rings (SSSR count). The van der Waals surface area contributed by atoms with E-state index in [2.05, 4.69) is 13.0 Å². The number of carbonyl (C=O) groups is 1. The average molecular weight is 461 g/mol. The van der Waals surface area contributed by atoms with Gasteiger partial charge in [0, 0.05) is 5.56 Å². The second-order valence-corrected chi connectivity index (χ2v) is 10.1. The average Bonchev–Trinajstić information content (AvgIpc) is 2.84. The van der Waals surface area contributed by atoms with Crippen LogP contribution in [0.4, 0.5) is 0 Å². The number of morpholine rings is 1. The molecule has 188 valence electrons. The van der Waals surface area contributed by atoms with Crippen molar-refractivity contribution in [2.24, 2.45) is 0 Å². The molecule has 1 aliphatic rings. The van der Waals surface area contributed by atoms with Gasteiger partial charge in [0.25, 0.3) is 0 Å². The van der Waals surface area contributed by atoms with Gasteiger partial charge in [-0.1, -0.05) is 84.0 Å². The maximum absolute atomic E-state index is 11.4. The molecule has 33 heavy (non-hydrogen) atoms. The first kappa shape index (κ1) is 27.9. The summed E-state index contributed by atoms with van der Waals surface area (Å²) in [5.74, 6) is 0.661. The molecule has 0 bridgehead atoms. The van der Waals surface area contributed by atoms with Gasteiger partial charge < -0.3 is 14.0 Å². The second-order valence-electron chi connectivity index (χ2n) is 10.1. The molecule has 1 saturated heterocycles. The van der Waals surface area contributed by atoms with Gasteiger partial charge in [-0.15, -0.1) is 0 Å². The van der Waals surface area contributed by atoms with Crippen LogP contribution in [-0.4, -0.2) is 50.7 Å². The van der Waals surface area contributed by atoms with Crippen LogP contribution in [0.3, 0.4) is 0 Å². The first-order chi connectivity index (χ1) is 16.2. The Bertz CT molecular complexity index is 640. The number of ether oxygens (including phenoxy) is 2. The molecule has 1 heterocycles. The molecular formula is C29H50NO3+. The Kier molecular flexibility index (Phi) is 14.4. The van der Waals surface area contributed by atoms with Gasteiger partial charge in [-0.05, 0) is 31.0 Å². The number of carbonyl (C=O) groups excluding carboxylic acids is 1. The van der Waals surface area contributed by atoms with E-state index in [1.807, 2.05) is 12.1 Å². The molecule has 0 aliphatic carbocycles. The Morgan fingerprint density at radius 2 is 1.39 bits per heavy atom. The van der Waals surface area contributed by atoms with E-state index >= 15 is 0 Å². The molecule has 1 aromatic carbocycles. The van der Waals surface area contributed by atoms with Crippen molar-refractivity contribution >= 4 is 6.29 Å². The van der Waals surface area contributed by atoms with E-state index in [1.54, 1.807) is 7.11 Å². The number of rotatable bonds is 19. The van der Waals surface area contributed by atoms with E-state index in [-0.39, 0.29) is 0 Å². The van der Waals surface area contributed by atoms with Gasteiger partial charge in [0.05, 0.1) is 32.4 Å². The monoisotopic (exact) mass is 460 g/mol. The summed E-state index contributed by atoms with van der Waals surface area (Å²) in [6.07, 6.45) is 20.5. The SMILES string of the molecule is CCCCCCCCCCCCCCCC[N+]1(Cc2ccc(OC)c(C=O)c2)CCOCC1. The van der Waals surface area contributed by atoms with E-state index in [0.717, 1.165) is 43.6 Å². The van der Waals surface area contributed by atoms with Crippen LogP contribution in [0.25, 0.3) is 0 Å². The summed E-state index contributed by atoms with van der Waals surface area (Å²) in [4.78, 5) is 11.4. The predicted octanol–water partition coefficient (Wildman–Crippen LogP) is 7.34. The molecule has 0 radical (unpaired) electrons. The quantitative estimate of drug-likeness (QED) is 0.123. The molecule has 4 heteroatoms. The lowest BCUT2D eigenvalue weighted by molar-refractivity contribution is -0.947. The molecule has 0 spiro atoms. The van der Waals surface area contributed by atoms with Gasteiger partial charge in [-0.3, -0.25) is 4.79 Å². The number of methoxy groups -OCH3 is 1. The minimum absolute atomic E-state index is 0.651. The molecular weight excluding hydrogens is 410 g/mol. The Balaban J connectivity index is 1.61. The van der Waals surface area contributed by atoms with Crippen molar-refractivity contribution in [3.8, 4) is 5.75 Å². The van der Waals surface area contributed by atoms with Gasteiger partial charge >= 0.3 is 0 Å². The summed E-state index contributed by atoms with van der Waals surface area (Å²) < 4.78 is 12.1. The van der Waals surface area contributed by atoms with Crippen molar-refractivity contribution in [3.63, 3.8) is 0 Å². The standard InChI is InChI=1S/C29H50NO3/c1-3-4-5-6-7-8-9-10-11-12-13-14-15-16-19-30(20-22-33-23-21-30)25-27-17-18-29(32-2)28(24-27)26-31/h17-18,24,26H,3-16,19-23,25H2,1-2H3/q+1. The summed E-state index contributed by atoms with van der Waals surface area (Å²) in [5, 5.41) is 0. The molecule has 0 N–H and O–H groups in total. The minimum atomic E-state index is 0.651. The third-order valence-electron chi connectivity index (χ3n) is 7.35. The third kappa shape index (κ3) is 11.1. The van der Waals surface area contributed by atoms with E-state index in [1.165, 1.54) is 102 Å². The number of quaternary nitrogens is 1. The maximum Gasteiger partial charge on any atom is 0.153 e. The first-order valence-corrected chi connectivity index (χ1v) is 13.8. The molecule has 0 aromatic heterocycles. The van der Waals surface area contributed by atoms with Crippen molar-refractivity contribution in [2.75, 3.05) is 40.0 Å². The smallest absolute Gasteiger partial charge is 0.153 e. The van der Waals surface area contributed by atoms with Crippen LogP contribution < -0.4 is 4.74 Å². The maximum atomic E-state index is 11.4. The third-order valence-corrected chi connectivity index (χ3v) is 7.35. The predicted molar refractivity (Wildman–Crippen MR) is 138 cm³/mol. The fourth-order valence-electron chi connectivity index (χ4n) is 5.19. The lowest BCUT2D eigenvalue weighted by Gasteiger charge is -2.41. The van der Waals surface area contributed by atoms with Crippen LogP contribution in [0.2, 0.25) is 0 Å². The van der Waals surface area contributed by atoms with Gasteiger partial charge in [-0.25, -0.2) is 0 Å². The van der Waals surface area contributed by atoms with E-state index in [9.17, 15) is 4.79 Å². The molecule has 0 atom stereocenters. The van der Waals surface area contributed by atoms with Gasteiger partial charge in [-0.2, -0.15) is 0 Å². The van der Waals surface area contributed by atoms with Gasteiger partial charge in [0.2, 0.25) is 0 Å². The fraction of sp³-hybridized carbons (Fsp3) is 0.759. The van der Waals surface area contributed by atoms with Crippen LogP contribution in [0.15, 0.2) is 18.2 Å². The van der Waals surface area contributed by atoms with Crippen LogP contribution in [0.1, 0.15) is 113 Å². The summed E-state index contributed by atoms with van der Waals surface area (Å²) in [7, 11) is 1.62. The van der Waals surface area contributed by atoms with Crippen molar-refractivity contribution < 1.29 is 18.8 Å². The molecule has 1 fully saturated rings. The minimum Gasteiger partial charge on any atom is -0.496 e. The summed E-state index contributed by atoms with van der Waals surface area (Å²) in [6, 6.07) is 6.06. The van der Waals surface area contributed by atoms with E-state index in [4.69, 9.17) is 9.47 Å². The topological polar surface area (TPSA) is 35.5 Å². The second kappa shape index (κ2) is 17.1. The highest BCUT2D eigenvalue weighted by Gasteiger charge is 2.30. The fourth-order valence-corrected chi connectivity index (χ4v) is 5.19. The normalized spacial score (nSPS) is 15.5. The summed E-state index contributed by atoms with van der Waals surface area (Å²) in [5.41, 5.74) is 1.88. The van der Waals surface area contributed by atoms with Crippen LogP contribution in [0, 0.1) is 0 Å². The number of aldehydes is 1. The molecule has 1 aromatic rings. The Morgan fingerprint density at radius 3 is 1.91 bits per heavy atom. The Labute approximate surface area is 203 Å². The highest BCUT2D eigenvalue weighted by atomic mass is 16.5. The molecule has 0 saturated carbocycles. The van der Waals surface area contributed by atoms with Crippen molar-refractivity contribution in [1.82, 2.24) is 0 Å². The summed E-state index contributed by atoms with van der Waals surface area (Å²) in [6.45, 7) is 8.30. The van der Waals surface area contributed by atoms with Crippen LogP contribution in [0.5, 0.6) is 5.75 Å².